The van der Waals surface area contributed by atoms with E-state index in [1.54, 1.807) is 0 Å². The molecule has 0 unspecified atom stereocenters. The Morgan fingerprint density at radius 3 is 2.23 bits per heavy atom. The van der Waals surface area contributed by atoms with Crippen molar-refractivity contribution in [3.8, 4) is 22.3 Å². The average Bonchev–Trinajstić information content (AvgIpc) is 3.53. The summed E-state index contributed by atoms with van der Waals surface area (Å²) in [7, 11) is 0. The minimum Gasteiger partial charge on any atom is -0.316 e. The molecule has 0 saturated heterocycles. The molecule has 2 heterocycles. The molecular formula is C30H19N. The van der Waals surface area contributed by atoms with Gasteiger partial charge in [0.05, 0.1) is 11.0 Å². The number of nitrogens with zero attached hydrogens (tertiary/aromatic N) is 1. The largest absolute Gasteiger partial charge is 0.316 e. The molecule has 2 aliphatic carbocycles. The first-order chi connectivity index (χ1) is 15.4. The van der Waals surface area contributed by atoms with Crippen LogP contribution in [0, 0.1) is 0 Å². The molecule has 6 aromatic rings. The molecule has 0 fully saturated rings. The summed E-state index contributed by atoms with van der Waals surface area (Å²) in [5, 5.41) is 4.14. The first-order valence-corrected chi connectivity index (χ1v) is 11.1. The van der Waals surface area contributed by atoms with Gasteiger partial charge in [-0.15, -0.1) is 0 Å². The zero-order valence-electron chi connectivity index (χ0n) is 17.0. The minimum atomic E-state index is 1.01. The average molecular weight is 393 g/mol. The highest BCUT2D eigenvalue weighted by Gasteiger charge is 2.26. The smallest absolute Gasteiger partial charge is 0.0576 e. The second-order valence-corrected chi connectivity index (χ2v) is 8.94. The van der Waals surface area contributed by atoms with E-state index < -0.39 is 0 Å². The van der Waals surface area contributed by atoms with Gasteiger partial charge in [0.25, 0.3) is 0 Å². The molecule has 1 nitrogen and oxygen atoms in total. The van der Waals surface area contributed by atoms with Crippen LogP contribution in [0.2, 0.25) is 0 Å². The molecule has 31 heavy (non-hydrogen) atoms. The van der Waals surface area contributed by atoms with Gasteiger partial charge >= 0.3 is 0 Å². The van der Waals surface area contributed by atoms with E-state index in [1.807, 2.05) is 0 Å². The van der Waals surface area contributed by atoms with Gasteiger partial charge in [0, 0.05) is 28.8 Å². The summed E-state index contributed by atoms with van der Waals surface area (Å²) in [6.07, 6.45) is 4.28. The zero-order valence-corrected chi connectivity index (χ0v) is 17.0. The highest BCUT2D eigenvalue weighted by Crippen LogP contribution is 2.47. The molecule has 4 aromatic carbocycles. The van der Waals surface area contributed by atoms with Crippen molar-refractivity contribution in [2.24, 2.45) is 0 Å². The van der Waals surface area contributed by atoms with Gasteiger partial charge in [-0.3, -0.25) is 0 Å². The lowest BCUT2D eigenvalue weighted by Gasteiger charge is -2.16. The van der Waals surface area contributed by atoms with E-state index in [0.29, 0.717) is 0 Å². The highest BCUT2D eigenvalue weighted by atomic mass is 14.9. The van der Waals surface area contributed by atoms with Crippen LogP contribution in [0.3, 0.4) is 0 Å². The van der Waals surface area contributed by atoms with Gasteiger partial charge in [0.15, 0.2) is 0 Å². The van der Waals surface area contributed by atoms with Crippen molar-refractivity contribution in [2.45, 2.75) is 12.8 Å². The van der Waals surface area contributed by atoms with E-state index in [0.717, 1.165) is 12.8 Å². The fraction of sp³-hybridized carbons (Fsp3) is 0.0667. The Morgan fingerprint density at radius 1 is 0.548 bits per heavy atom. The molecule has 0 amide bonds. The third-order valence-corrected chi connectivity index (χ3v) is 7.45. The predicted molar refractivity (Wildman–Crippen MR) is 129 cm³/mol. The van der Waals surface area contributed by atoms with E-state index >= 15 is 0 Å². The fourth-order valence-electron chi connectivity index (χ4n) is 6.19. The SMILES string of the molecule is c1ccc2c(c1)Cc1c-2ccc2c3c4c(ccc3c3cccn3c12)Cc1ccccc1-4. The van der Waals surface area contributed by atoms with Gasteiger partial charge in [-0.1, -0.05) is 72.8 Å². The Kier molecular flexibility index (Phi) is 2.80. The maximum absolute atomic E-state index is 2.43. The van der Waals surface area contributed by atoms with Crippen LogP contribution in [0.5, 0.6) is 0 Å². The monoisotopic (exact) mass is 393 g/mol. The van der Waals surface area contributed by atoms with E-state index in [9.17, 15) is 0 Å². The summed E-state index contributed by atoms with van der Waals surface area (Å²) >= 11 is 0. The summed E-state index contributed by atoms with van der Waals surface area (Å²) < 4.78 is 2.43. The lowest BCUT2D eigenvalue weighted by Crippen LogP contribution is -1.96. The number of aromatic nitrogens is 1. The minimum absolute atomic E-state index is 1.01. The van der Waals surface area contributed by atoms with Crippen molar-refractivity contribution in [1.82, 2.24) is 4.40 Å². The first kappa shape index (κ1) is 15.9. The second kappa shape index (κ2) is 5.44. The molecule has 0 saturated carbocycles. The highest BCUT2D eigenvalue weighted by molar-refractivity contribution is 6.21. The molecule has 0 bridgehead atoms. The fourth-order valence-corrected chi connectivity index (χ4v) is 6.19. The molecular weight excluding hydrogens is 374 g/mol. The van der Waals surface area contributed by atoms with Crippen molar-refractivity contribution in [3.63, 3.8) is 0 Å². The maximum Gasteiger partial charge on any atom is 0.0576 e. The van der Waals surface area contributed by atoms with Crippen molar-refractivity contribution in [1.29, 1.82) is 0 Å². The van der Waals surface area contributed by atoms with Gasteiger partial charge in [-0.05, 0) is 63.1 Å². The van der Waals surface area contributed by atoms with Gasteiger partial charge in [0.1, 0.15) is 0 Å². The maximum atomic E-state index is 2.43. The Balaban J connectivity index is 1.61. The molecule has 0 radical (unpaired) electrons. The molecule has 0 atom stereocenters. The van der Waals surface area contributed by atoms with Crippen LogP contribution in [0.25, 0.3) is 49.4 Å². The molecule has 2 aliphatic rings. The third kappa shape index (κ3) is 1.88. The molecule has 1 heteroatoms. The van der Waals surface area contributed by atoms with Gasteiger partial charge in [0.2, 0.25) is 0 Å². The number of pyridine rings is 1. The van der Waals surface area contributed by atoms with Crippen molar-refractivity contribution in [2.75, 3.05) is 0 Å². The van der Waals surface area contributed by atoms with Gasteiger partial charge in [-0.25, -0.2) is 0 Å². The zero-order chi connectivity index (χ0) is 20.1. The molecule has 8 rings (SSSR count). The molecule has 0 spiro atoms. The molecule has 0 N–H and O–H groups in total. The molecule has 2 aromatic heterocycles. The molecule has 144 valence electrons. The van der Waals surface area contributed by atoms with Gasteiger partial charge in [-0.2, -0.15) is 0 Å². The number of benzene rings is 4. The van der Waals surface area contributed by atoms with Gasteiger partial charge < -0.3 is 4.40 Å². The standard InChI is InChI=1S/C30H19N/c1-3-8-21-19(7-1)17-26-23(21)13-14-25-29-24(27-10-5-15-31(27)30(25)26)12-11-20-16-18-6-2-4-9-22(18)28(20)29/h1-15H,16-17H2. The van der Waals surface area contributed by atoms with E-state index in [-0.39, 0.29) is 0 Å². The Hall–Kier alpha value is -3.84. The topological polar surface area (TPSA) is 4.41 Å². The Bertz CT molecular complexity index is 1730. The van der Waals surface area contributed by atoms with E-state index in [1.165, 1.54) is 71.7 Å². The third-order valence-electron chi connectivity index (χ3n) is 7.45. The van der Waals surface area contributed by atoms with Crippen LogP contribution in [0.1, 0.15) is 22.3 Å². The van der Waals surface area contributed by atoms with Crippen molar-refractivity contribution in [3.05, 3.63) is 113 Å². The van der Waals surface area contributed by atoms with E-state index in [2.05, 4.69) is 95.5 Å². The Morgan fingerprint density at radius 2 is 1.32 bits per heavy atom. The first-order valence-electron chi connectivity index (χ1n) is 11.1. The number of rotatable bonds is 0. The lowest BCUT2D eigenvalue weighted by molar-refractivity contribution is 1.21. The lowest BCUT2D eigenvalue weighted by atomic mass is 9.92. The number of fused-ring (bicyclic) bond motifs is 14. The summed E-state index contributed by atoms with van der Waals surface area (Å²) in [6.45, 7) is 0. The second-order valence-electron chi connectivity index (χ2n) is 8.94. The number of hydrogen-bond acceptors (Lipinski definition) is 0. The summed E-state index contributed by atoms with van der Waals surface area (Å²) in [4.78, 5) is 0. The predicted octanol–water partition coefficient (Wildman–Crippen LogP) is 7.39. The quantitative estimate of drug-likeness (QED) is 0.237. The molecule has 0 aliphatic heterocycles. The van der Waals surface area contributed by atoms with E-state index in [4.69, 9.17) is 0 Å². The van der Waals surface area contributed by atoms with Crippen LogP contribution in [-0.4, -0.2) is 4.40 Å². The Labute approximate surface area is 180 Å². The summed E-state index contributed by atoms with van der Waals surface area (Å²) in [5.74, 6) is 0. The summed E-state index contributed by atoms with van der Waals surface area (Å²) in [6, 6.07) is 31.7. The normalized spacial score (nSPS) is 13.5. The van der Waals surface area contributed by atoms with Crippen molar-refractivity contribution < 1.29 is 0 Å². The van der Waals surface area contributed by atoms with Crippen LogP contribution >= 0.6 is 0 Å². The van der Waals surface area contributed by atoms with Crippen LogP contribution in [0.15, 0.2) is 91.1 Å². The van der Waals surface area contributed by atoms with Crippen LogP contribution in [0.4, 0.5) is 0 Å². The van der Waals surface area contributed by atoms with Crippen LogP contribution < -0.4 is 0 Å². The number of hydrogen-bond donors (Lipinski definition) is 0. The van der Waals surface area contributed by atoms with Crippen LogP contribution in [-0.2, 0) is 12.8 Å². The summed E-state index contributed by atoms with van der Waals surface area (Å²) in [5.41, 5.74) is 14.1. The van der Waals surface area contributed by atoms with Crippen molar-refractivity contribution >= 4 is 27.2 Å².